The summed E-state index contributed by atoms with van der Waals surface area (Å²) in [7, 11) is 2.92. The number of rotatable bonds is 7. The topological polar surface area (TPSA) is 134 Å². The summed E-state index contributed by atoms with van der Waals surface area (Å²) in [5, 5.41) is 10.6. The molecule has 0 saturated heterocycles. The Morgan fingerprint density at radius 1 is 1.00 bits per heavy atom. The Hall–Kier alpha value is -5.03. The predicted molar refractivity (Wildman–Crippen MR) is 152 cm³/mol. The third-order valence-electron chi connectivity index (χ3n) is 7.09. The van der Waals surface area contributed by atoms with E-state index in [0.717, 1.165) is 5.39 Å². The van der Waals surface area contributed by atoms with Crippen molar-refractivity contribution in [3.63, 3.8) is 0 Å². The molecular weight excluding hydrogens is 526 g/mol. The first-order chi connectivity index (χ1) is 19.8. The molecular formula is C30H29N5O6. The van der Waals surface area contributed by atoms with E-state index in [1.54, 1.807) is 44.3 Å². The number of anilines is 2. The van der Waals surface area contributed by atoms with E-state index in [9.17, 15) is 19.2 Å². The van der Waals surface area contributed by atoms with Crippen LogP contribution < -0.4 is 20.4 Å². The van der Waals surface area contributed by atoms with Gasteiger partial charge < -0.3 is 29.7 Å². The molecule has 2 heterocycles. The zero-order valence-electron chi connectivity index (χ0n) is 22.8. The molecule has 4 aromatic rings. The maximum atomic E-state index is 14.1. The average Bonchev–Trinajstić information content (AvgIpc) is 3.38. The molecule has 3 aromatic carbocycles. The van der Waals surface area contributed by atoms with Crippen molar-refractivity contribution in [1.82, 2.24) is 15.8 Å². The van der Waals surface area contributed by atoms with Crippen LogP contribution in [0.1, 0.15) is 33.3 Å². The third-order valence-corrected chi connectivity index (χ3v) is 7.09. The number of fused-ring (bicyclic) bond motifs is 2. The van der Waals surface area contributed by atoms with Crippen molar-refractivity contribution in [2.75, 3.05) is 30.5 Å². The van der Waals surface area contributed by atoms with Crippen molar-refractivity contribution in [2.45, 2.75) is 25.6 Å². The van der Waals surface area contributed by atoms with Gasteiger partial charge in [0.15, 0.2) is 5.58 Å². The highest BCUT2D eigenvalue weighted by Crippen LogP contribution is 2.35. The SMILES string of the molecule is CN[C@@H](C)C(=O)NC1CN(C(=O)c2ccc(C(=O)OC)cc2)c2ccccc2N(Cc2noc3ccccc23)C1=O. The van der Waals surface area contributed by atoms with Gasteiger partial charge >= 0.3 is 5.97 Å². The monoisotopic (exact) mass is 555 g/mol. The van der Waals surface area contributed by atoms with E-state index in [0.29, 0.717) is 33.8 Å². The minimum absolute atomic E-state index is 0.0523. The van der Waals surface area contributed by atoms with Crippen LogP contribution in [0.5, 0.6) is 0 Å². The summed E-state index contributed by atoms with van der Waals surface area (Å²) in [4.78, 5) is 55.8. The zero-order valence-corrected chi connectivity index (χ0v) is 22.8. The van der Waals surface area contributed by atoms with Gasteiger partial charge in [0.05, 0.1) is 43.2 Å². The fraction of sp³-hybridized carbons (Fsp3) is 0.233. The molecule has 0 bridgehead atoms. The molecule has 11 heteroatoms. The number of amides is 3. The second-order valence-corrected chi connectivity index (χ2v) is 9.59. The number of methoxy groups -OCH3 is 1. The zero-order chi connectivity index (χ0) is 29.1. The first kappa shape index (κ1) is 27.5. The lowest BCUT2D eigenvalue weighted by Gasteiger charge is -2.26. The fourth-order valence-corrected chi connectivity index (χ4v) is 4.70. The van der Waals surface area contributed by atoms with E-state index >= 15 is 0 Å². The number of hydrogen-bond acceptors (Lipinski definition) is 8. The summed E-state index contributed by atoms with van der Waals surface area (Å²) < 4.78 is 10.2. The number of benzene rings is 3. The normalized spacial score (nSPS) is 15.7. The first-order valence-corrected chi connectivity index (χ1v) is 13.0. The number of hydrogen-bond donors (Lipinski definition) is 2. The van der Waals surface area contributed by atoms with Gasteiger partial charge in [-0.05, 0) is 62.5 Å². The van der Waals surface area contributed by atoms with E-state index in [2.05, 4.69) is 15.8 Å². The van der Waals surface area contributed by atoms with Crippen molar-refractivity contribution >= 4 is 46.0 Å². The van der Waals surface area contributed by atoms with Crippen LogP contribution in [-0.2, 0) is 20.9 Å². The number of likely N-dealkylation sites (N-methyl/N-ethyl adjacent to an activating group) is 1. The summed E-state index contributed by atoms with van der Waals surface area (Å²) >= 11 is 0. The molecule has 1 aliphatic heterocycles. The molecule has 0 radical (unpaired) electrons. The van der Waals surface area contributed by atoms with Gasteiger partial charge in [0.2, 0.25) is 5.91 Å². The van der Waals surface area contributed by atoms with Crippen LogP contribution in [-0.4, -0.2) is 61.6 Å². The fourth-order valence-electron chi connectivity index (χ4n) is 4.70. The maximum absolute atomic E-state index is 14.1. The van der Waals surface area contributed by atoms with E-state index in [4.69, 9.17) is 9.26 Å². The van der Waals surface area contributed by atoms with Crippen LogP contribution in [0.2, 0.25) is 0 Å². The van der Waals surface area contributed by atoms with E-state index in [1.807, 2.05) is 18.2 Å². The molecule has 0 spiro atoms. The average molecular weight is 556 g/mol. The molecule has 2 atom stereocenters. The van der Waals surface area contributed by atoms with Crippen LogP contribution in [0.3, 0.4) is 0 Å². The first-order valence-electron chi connectivity index (χ1n) is 13.0. The lowest BCUT2D eigenvalue weighted by molar-refractivity contribution is -0.128. The molecule has 5 rings (SSSR count). The number of para-hydroxylation sites is 3. The standard InChI is InChI=1S/C30H29N5O6/c1-18(31-2)27(36)32-23-17-34(28(37)19-12-14-20(15-13-19)30(39)40-3)24-9-5-6-10-25(24)35(29(23)38)16-22-21-8-4-7-11-26(21)41-33-22/h4-15,18,23,31H,16-17H2,1-3H3,(H,32,36)/t18-,23?/m0/s1. The summed E-state index contributed by atoms with van der Waals surface area (Å²) in [5.74, 6) is -1.72. The summed E-state index contributed by atoms with van der Waals surface area (Å²) in [5.41, 5.74) is 2.67. The Morgan fingerprint density at radius 3 is 2.37 bits per heavy atom. The number of nitrogens with zero attached hydrogens (tertiary/aromatic N) is 3. The van der Waals surface area contributed by atoms with E-state index in [1.165, 1.54) is 41.2 Å². The maximum Gasteiger partial charge on any atom is 0.337 e. The highest BCUT2D eigenvalue weighted by Gasteiger charge is 2.38. The van der Waals surface area contributed by atoms with Gasteiger partial charge in [-0.25, -0.2) is 4.79 Å². The lowest BCUT2D eigenvalue weighted by Crippen LogP contribution is -2.55. The molecule has 2 N–H and O–H groups in total. The Labute approximate surface area is 236 Å². The van der Waals surface area contributed by atoms with Gasteiger partial charge in [-0.15, -0.1) is 0 Å². The molecule has 1 aromatic heterocycles. The predicted octanol–water partition coefficient (Wildman–Crippen LogP) is 2.90. The molecule has 1 unspecified atom stereocenters. The molecule has 0 fully saturated rings. The Balaban J connectivity index is 1.57. The third kappa shape index (κ3) is 5.39. The van der Waals surface area contributed by atoms with Crippen molar-refractivity contribution in [3.8, 4) is 0 Å². The van der Waals surface area contributed by atoms with Crippen molar-refractivity contribution in [3.05, 3.63) is 89.6 Å². The van der Waals surface area contributed by atoms with Crippen molar-refractivity contribution < 1.29 is 28.4 Å². The number of esters is 1. The number of ether oxygens (including phenoxy) is 1. The minimum Gasteiger partial charge on any atom is -0.465 e. The summed E-state index contributed by atoms with van der Waals surface area (Å²) in [6.45, 7) is 1.61. The van der Waals surface area contributed by atoms with Crippen LogP contribution >= 0.6 is 0 Å². The van der Waals surface area contributed by atoms with Gasteiger partial charge in [0.1, 0.15) is 11.7 Å². The molecule has 1 aliphatic rings. The number of carbonyl (C=O) groups is 4. The van der Waals surface area contributed by atoms with Gasteiger partial charge in [-0.3, -0.25) is 14.4 Å². The number of aromatic nitrogens is 1. The van der Waals surface area contributed by atoms with Crippen molar-refractivity contribution in [2.24, 2.45) is 0 Å². The summed E-state index contributed by atoms with van der Waals surface area (Å²) in [6, 6.07) is 18.8. The smallest absolute Gasteiger partial charge is 0.337 e. The van der Waals surface area contributed by atoms with Crippen molar-refractivity contribution in [1.29, 1.82) is 0 Å². The number of carbonyl (C=O) groups excluding carboxylic acids is 4. The van der Waals surface area contributed by atoms with Crippen LogP contribution in [0.15, 0.2) is 77.3 Å². The Kier molecular flexibility index (Phi) is 7.79. The second-order valence-electron chi connectivity index (χ2n) is 9.59. The van der Waals surface area contributed by atoms with Crippen LogP contribution in [0.4, 0.5) is 11.4 Å². The van der Waals surface area contributed by atoms with E-state index < -0.39 is 35.8 Å². The van der Waals surface area contributed by atoms with E-state index in [-0.39, 0.29) is 13.1 Å². The minimum atomic E-state index is -1.07. The Morgan fingerprint density at radius 2 is 1.66 bits per heavy atom. The molecule has 11 nitrogen and oxygen atoms in total. The molecule has 3 amide bonds. The summed E-state index contributed by atoms with van der Waals surface area (Å²) in [6.07, 6.45) is 0. The van der Waals surface area contributed by atoms with Crippen LogP contribution in [0, 0.1) is 0 Å². The van der Waals surface area contributed by atoms with Gasteiger partial charge in [0.25, 0.3) is 11.8 Å². The Bertz CT molecular complexity index is 1620. The molecule has 41 heavy (non-hydrogen) atoms. The highest BCUT2D eigenvalue weighted by molar-refractivity contribution is 6.13. The van der Waals surface area contributed by atoms with Gasteiger partial charge in [0, 0.05) is 10.9 Å². The molecule has 0 saturated carbocycles. The second kappa shape index (κ2) is 11.6. The van der Waals surface area contributed by atoms with Gasteiger partial charge in [-0.2, -0.15) is 0 Å². The number of nitrogens with one attached hydrogen (secondary N) is 2. The quantitative estimate of drug-likeness (QED) is 0.333. The molecule has 210 valence electrons. The molecule has 0 aliphatic carbocycles. The van der Waals surface area contributed by atoms with Gasteiger partial charge in [-0.1, -0.05) is 29.4 Å². The van der Waals surface area contributed by atoms with Crippen LogP contribution in [0.25, 0.3) is 11.0 Å². The largest absolute Gasteiger partial charge is 0.465 e. The lowest BCUT2D eigenvalue weighted by atomic mass is 10.1. The highest BCUT2D eigenvalue weighted by atomic mass is 16.5.